The number of rotatable bonds is 1. The van der Waals surface area contributed by atoms with E-state index in [1.807, 2.05) is 0 Å². The van der Waals surface area contributed by atoms with Crippen molar-refractivity contribution in [1.29, 1.82) is 0 Å². The molecule has 0 aliphatic rings. The van der Waals surface area contributed by atoms with Crippen molar-refractivity contribution >= 4 is 5.97 Å². The van der Waals surface area contributed by atoms with Crippen LogP contribution in [0.2, 0.25) is 0 Å². The van der Waals surface area contributed by atoms with Gasteiger partial charge in [-0.2, -0.15) is 0 Å². The summed E-state index contributed by atoms with van der Waals surface area (Å²) in [5, 5.41) is 7.86. The Morgan fingerprint density at radius 1 is 2.00 bits per heavy atom. The van der Waals surface area contributed by atoms with Gasteiger partial charge in [0.25, 0.3) is 0 Å². The molecule has 0 aromatic heterocycles. The Balaban J connectivity index is 2.99. The molecule has 6 heavy (non-hydrogen) atoms. The van der Waals surface area contributed by atoms with Crippen LogP contribution >= 0.6 is 0 Å². The number of carbonyl (C=O) groups is 1. The average Bonchev–Trinajstić information content (AvgIpc) is 1.65. The van der Waals surface area contributed by atoms with E-state index in [9.17, 15) is 4.79 Å². The Labute approximate surface area is 46.7 Å². The van der Waals surface area contributed by atoms with Crippen LogP contribution in [0.25, 0.3) is 0 Å². The van der Waals surface area contributed by atoms with Crippen molar-refractivity contribution in [1.82, 2.24) is 0 Å². The zero-order chi connectivity index (χ0) is 4.99. The molecule has 0 rings (SSSR count). The number of aliphatic hydroxyl groups is 1. The molecule has 0 aliphatic heterocycles. The summed E-state index contributed by atoms with van der Waals surface area (Å²) in [5.41, 5.74) is 0. The number of carbonyl (C=O) groups excluding carboxylic acids is 1. The van der Waals surface area contributed by atoms with E-state index in [1.54, 1.807) is 0 Å². The van der Waals surface area contributed by atoms with E-state index in [-0.39, 0.29) is 0 Å². The molecule has 1 N–H and O–H groups in total. The summed E-state index contributed by atoms with van der Waals surface area (Å²) < 4.78 is 4.02. The molecule has 0 unspecified atom stereocenters. The molecular weight excluding hydrogens is 168 g/mol. The van der Waals surface area contributed by atoms with Gasteiger partial charge in [-0.3, -0.25) is 0 Å². The van der Waals surface area contributed by atoms with Crippen LogP contribution < -0.4 is 0 Å². The first-order valence-electron chi connectivity index (χ1n) is 1.24. The molecule has 0 amide bonds. The first-order chi connectivity index (χ1) is 2.81. The third-order valence-electron chi connectivity index (χ3n) is 0.222. The molecule has 0 aromatic rings. The van der Waals surface area contributed by atoms with Gasteiger partial charge in [0.2, 0.25) is 0 Å². The maximum absolute atomic E-state index is 9.71. The third kappa shape index (κ3) is 2.36. The van der Waals surface area contributed by atoms with Crippen LogP contribution in [0.4, 0.5) is 0 Å². The van der Waals surface area contributed by atoms with E-state index < -0.39 is 12.6 Å². The Bertz CT molecular complexity index is 46.8. The van der Waals surface area contributed by atoms with E-state index in [2.05, 4.69) is 3.39 Å². The molecule has 35 valence electrons. The summed E-state index contributed by atoms with van der Waals surface area (Å²) in [6, 6.07) is 0. The molecule has 3 nitrogen and oxygen atoms in total. The zero-order valence-corrected chi connectivity index (χ0v) is 4.89. The second-order valence-electron chi connectivity index (χ2n) is 0.613. The van der Waals surface area contributed by atoms with E-state index >= 15 is 0 Å². The van der Waals surface area contributed by atoms with Crippen LogP contribution in [-0.2, 0) is 28.4 Å². The van der Waals surface area contributed by atoms with Gasteiger partial charge in [-0.25, -0.2) is 0 Å². The van der Waals surface area contributed by atoms with Gasteiger partial charge in [0.15, 0.2) is 0 Å². The van der Waals surface area contributed by atoms with Crippen molar-refractivity contribution < 1.29 is 33.5 Å². The monoisotopic (exact) mass is 173 g/mol. The Hall–Kier alpha value is 0.118. The SMILES string of the molecule is O=C(CO)[O][Mo]. The van der Waals surface area contributed by atoms with E-state index in [0.717, 1.165) is 20.2 Å². The van der Waals surface area contributed by atoms with Crippen molar-refractivity contribution in [2.24, 2.45) is 0 Å². The summed E-state index contributed by atoms with van der Waals surface area (Å²) in [5.74, 6) is -0.597. The van der Waals surface area contributed by atoms with Crippen LogP contribution in [0.15, 0.2) is 0 Å². The van der Waals surface area contributed by atoms with E-state index in [0.29, 0.717) is 0 Å². The van der Waals surface area contributed by atoms with Gasteiger partial charge in [0, 0.05) is 0 Å². The first-order valence-corrected chi connectivity index (χ1v) is 2.06. The predicted molar refractivity (Wildman–Crippen MR) is 13.2 cm³/mol. The number of hydrogen-bond acceptors (Lipinski definition) is 3. The second kappa shape index (κ2) is 3.31. The number of hydrogen-bond donors (Lipinski definition) is 1. The third-order valence-corrected chi connectivity index (χ3v) is 0.679. The molecule has 0 radical (unpaired) electrons. The van der Waals surface area contributed by atoms with E-state index in [1.165, 1.54) is 0 Å². The minimum absolute atomic E-state index is 0.529. The van der Waals surface area contributed by atoms with Crippen molar-refractivity contribution in [3.05, 3.63) is 0 Å². The molecule has 0 atom stereocenters. The molecule has 0 aromatic carbocycles. The normalized spacial score (nSPS) is 7.50. The van der Waals surface area contributed by atoms with Gasteiger partial charge in [0.1, 0.15) is 0 Å². The quantitative estimate of drug-likeness (QED) is 0.514. The van der Waals surface area contributed by atoms with Crippen molar-refractivity contribution in [3.8, 4) is 0 Å². The summed E-state index contributed by atoms with van der Waals surface area (Å²) in [6.45, 7) is -0.529. The molecule has 0 heterocycles. The topological polar surface area (TPSA) is 46.5 Å². The average molecular weight is 171 g/mol. The summed E-state index contributed by atoms with van der Waals surface area (Å²) in [7, 11) is 0. The predicted octanol–water partition coefficient (Wildman–Crippen LogP) is -1.02. The van der Waals surface area contributed by atoms with Crippen LogP contribution in [0, 0.1) is 0 Å². The molecule has 0 aliphatic carbocycles. The Morgan fingerprint density at radius 3 is 2.50 bits per heavy atom. The van der Waals surface area contributed by atoms with Crippen LogP contribution in [0.3, 0.4) is 0 Å². The molecule has 0 saturated carbocycles. The van der Waals surface area contributed by atoms with Gasteiger partial charge in [-0.05, 0) is 0 Å². The maximum atomic E-state index is 9.71. The summed E-state index contributed by atoms with van der Waals surface area (Å²) in [4.78, 5) is 9.71. The van der Waals surface area contributed by atoms with Crippen molar-refractivity contribution in [2.75, 3.05) is 6.61 Å². The summed E-state index contributed by atoms with van der Waals surface area (Å²) >= 11 is 1.16. The Kier molecular flexibility index (Phi) is 3.38. The van der Waals surface area contributed by atoms with Gasteiger partial charge in [-0.1, -0.05) is 0 Å². The van der Waals surface area contributed by atoms with Crippen LogP contribution in [-0.4, -0.2) is 17.7 Å². The van der Waals surface area contributed by atoms with E-state index in [4.69, 9.17) is 5.11 Å². The second-order valence-corrected chi connectivity index (χ2v) is 1.02. The van der Waals surface area contributed by atoms with Crippen molar-refractivity contribution in [3.63, 3.8) is 0 Å². The van der Waals surface area contributed by atoms with Gasteiger partial charge >= 0.3 is 46.1 Å². The molecule has 4 heteroatoms. The van der Waals surface area contributed by atoms with Crippen LogP contribution in [0.1, 0.15) is 0 Å². The van der Waals surface area contributed by atoms with Gasteiger partial charge in [-0.15, -0.1) is 0 Å². The van der Waals surface area contributed by atoms with Crippen LogP contribution in [0.5, 0.6) is 0 Å². The summed E-state index contributed by atoms with van der Waals surface area (Å²) in [6.07, 6.45) is 0. The Morgan fingerprint density at radius 2 is 2.50 bits per heavy atom. The molecule has 0 spiro atoms. The zero-order valence-electron chi connectivity index (χ0n) is 2.88. The fourth-order valence-corrected chi connectivity index (χ4v) is 0.156. The van der Waals surface area contributed by atoms with Crippen molar-refractivity contribution in [2.45, 2.75) is 0 Å². The first kappa shape index (κ1) is 6.12. The molecule has 0 bridgehead atoms. The fraction of sp³-hybridized carbons (Fsp3) is 0.500. The minimum atomic E-state index is -0.597. The standard InChI is InChI=1S/C2H4O3.Mo/c3-1-2(4)5;/h3H,1H2,(H,4,5);/q;+1/p-1. The van der Waals surface area contributed by atoms with Gasteiger partial charge in [0.05, 0.1) is 0 Å². The van der Waals surface area contributed by atoms with Gasteiger partial charge < -0.3 is 0 Å². The fourth-order valence-electron chi connectivity index (χ4n) is 0.0264. The molecule has 0 saturated heterocycles. The number of aliphatic hydroxyl groups excluding tert-OH is 1. The molecular formula is C2H3MoO3. The molecule has 0 fully saturated rings.